The van der Waals surface area contributed by atoms with Crippen LogP contribution in [0.3, 0.4) is 0 Å². The van der Waals surface area contributed by atoms with Crippen LogP contribution in [-0.4, -0.2) is 22.2 Å². The Kier molecular flexibility index (Phi) is 5.21. The third-order valence-electron chi connectivity index (χ3n) is 6.87. The summed E-state index contributed by atoms with van der Waals surface area (Å²) in [7, 11) is 0. The predicted octanol–water partition coefficient (Wildman–Crippen LogP) is 6.50. The van der Waals surface area contributed by atoms with E-state index in [-0.39, 0.29) is 12.8 Å². The van der Waals surface area contributed by atoms with Gasteiger partial charge in [0, 0.05) is 18.3 Å². The first kappa shape index (κ1) is 21.0. The van der Waals surface area contributed by atoms with Crippen LogP contribution in [-0.2, 0) is 15.0 Å². The highest BCUT2D eigenvalue weighted by Gasteiger charge is 2.44. The van der Waals surface area contributed by atoms with Gasteiger partial charge in [-0.1, -0.05) is 78.9 Å². The molecule has 5 rings (SSSR count). The summed E-state index contributed by atoms with van der Waals surface area (Å²) >= 11 is 0. The zero-order valence-corrected chi connectivity index (χ0v) is 18.1. The van der Waals surface area contributed by atoms with Gasteiger partial charge < -0.3 is 10.2 Å². The van der Waals surface area contributed by atoms with Crippen LogP contribution in [0.2, 0.25) is 0 Å². The molecule has 0 bridgehead atoms. The van der Waals surface area contributed by atoms with Crippen molar-refractivity contribution in [2.75, 3.05) is 0 Å². The van der Waals surface area contributed by atoms with E-state index in [0.29, 0.717) is 12.8 Å². The van der Waals surface area contributed by atoms with Crippen LogP contribution in [0.1, 0.15) is 36.8 Å². The van der Waals surface area contributed by atoms with E-state index >= 15 is 0 Å². The summed E-state index contributed by atoms with van der Waals surface area (Å²) in [6, 6.07) is 28.8. The molecule has 0 radical (unpaired) electrons. The average molecular weight is 437 g/mol. The van der Waals surface area contributed by atoms with Gasteiger partial charge in [-0.05, 0) is 63.1 Å². The van der Waals surface area contributed by atoms with Crippen LogP contribution < -0.4 is 0 Å². The SMILES string of the molecule is O=C(O)CCC1(CCC(=O)O)c2ccccc2-c2cccc(-c3ccc4ccccc4c3)c21. The summed E-state index contributed by atoms with van der Waals surface area (Å²) in [5.41, 5.74) is 5.60. The Labute approximate surface area is 192 Å². The molecule has 1 aliphatic rings. The van der Waals surface area contributed by atoms with Gasteiger partial charge in [0.2, 0.25) is 0 Å². The molecule has 0 aliphatic heterocycles. The van der Waals surface area contributed by atoms with Gasteiger partial charge in [-0.15, -0.1) is 0 Å². The zero-order chi connectivity index (χ0) is 23.0. The van der Waals surface area contributed by atoms with Gasteiger partial charge in [0.05, 0.1) is 0 Å². The molecule has 0 amide bonds. The Balaban J connectivity index is 1.78. The number of carboxylic acid groups (broad SMARTS) is 2. The number of benzene rings is 4. The predicted molar refractivity (Wildman–Crippen MR) is 129 cm³/mol. The Morgan fingerprint density at radius 2 is 1.24 bits per heavy atom. The van der Waals surface area contributed by atoms with Crippen molar-refractivity contribution < 1.29 is 19.8 Å². The lowest BCUT2D eigenvalue weighted by molar-refractivity contribution is -0.137. The smallest absolute Gasteiger partial charge is 0.303 e. The number of carboxylic acids is 2. The molecule has 0 spiro atoms. The van der Waals surface area contributed by atoms with Crippen LogP contribution in [0.15, 0.2) is 84.9 Å². The third kappa shape index (κ3) is 3.58. The molecule has 0 fully saturated rings. The van der Waals surface area contributed by atoms with Crippen molar-refractivity contribution in [2.45, 2.75) is 31.1 Å². The maximum Gasteiger partial charge on any atom is 0.303 e. The number of aliphatic carboxylic acids is 2. The van der Waals surface area contributed by atoms with Gasteiger partial charge >= 0.3 is 11.9 Å². The fourth-order valence-corrected chi connectivity index (χ4v) is 5.44. The molecular formula is C29H24O4. The van der Waals surface area contributed by atoms with Crippen LogP contribution in [0.5, 0.6) is 0 Å². The van der Waals surface area contributed by atoms with Gasteiger partial charge in [-0.3, -0.25) is 9.59 Å². The lowest BCUT2D eigenvalue weighted by Gasteiger charge is -2.33. The van der Waals surface area contributed by atoms with Gasteiger partial charge in [-0.25, -0.2) is 0 Å². The zero-order valence-electron chi connectivity index (χ0n) is 18.1. The highest BCUT2D eigenvalue weighted by atomic mass is 16.4. The molecule has 164 valence electrons. The second-order valence-corrected chi connectivity index (χ2v) is 8.71. The summed E-state index contributed by atoms with van der Waals surface area (Å²) in [6.45, 7) is 0. The molecule has 0 saturated carbocycles. The van der Waals surface area contributed by atoms with Crippen molar-refractivity contribution >= 4 is 22.7 Å². The standard InChI is InChI=1S/C29H24O4/c30-26(31)14-16-29(17-15-27(32)33)25-11-4-3-8-23(25)24-10-5-9-22(28(24)29)21-13-12-19-6-1-2-7-20(19)18-21/h1-13,18H,14-17H2,(H,30,31)(H,32,33). The van der Waals surface area contributed by atoms with E-state index in [2.05, 4.69) is 48.5 Å². The molecule has 4 nitrogen and oxygen atoms in total. The maximum absolute atomic E-state index is 11.6. The Hall–Kier alpha value is -3.92. The molecule has 0 aromatic heterocycles. The molecule has 1 aliphatic carbocycles. The van der Waals surface area contributed by atoms with Crippen LogP contribution in [0.25, 0.3) is 33.0 Å². The van der Waals surface area contributed by atoms with E-state index in [9.17, 15) is 19.8 Å². The minimum absolute atomic E-state index is 0.0283. The second-order valence-electron chi connectivity index (χ2n) is 8.71. The molecule has 0 saturated heterocycles. The van der Waals surface area contributed by atoms with Crippen molar-refractivity contribution in [3.8, 4) is 22.3 Å². The minimum atomic E-state index is -0.876. The first-order valence-electron chi connectivity index (χ1n) is 11.2. The van der Waals surface area contributed by atoms with Crippen molar-refractivity contribution in [1.82, 2.24) is 0 Å². The molecule has 0 heterocycles. The number of hydrogen-bond donors (Lipinski definition) is 2. The highest BCUT2D eigenvalue weighted by molar-refractivity contribution is 5.92. The van der Waals surface area contributed by atoms with Crippen LogP contribution >= 0.6 is 0 Å². The molecule has 0 atom stereocenters. The monoisotopic (exact) mass is 436 g/mol. The Morgan fingerprint density at radius 3 is 1.97 bits per heavy atom. The second kappa shape index (κ2) is 8.21. The summed E-state index contributed by atoms with van der Waals surface area (Å²) in [5.74, 6) is -1.75. The number of hydrogen-bond acceptors (Lipinski definition) is 2. The molecule has 4 aromatic rings. The van der Waals surface area contributed by atoms with E-state index < -0.39 is 17.4 Å². The first-order chi connectivity index (χ1) is 16.0. The Bertz CT molecular complexity index is 1370. The van der Waals surface area contributed by atoms with Crippen molar-refractivity contribution in [3.63, 3.8) is 0 Å². The molecule has 0 unspecified atom stereocenters. The fourth-order valence-electron chi connectivity index (χ4n) is 5.44. The quantitative estimate of drug-likeness (QED) is 0.347. The summed E-state index contributed by atoms with van der Waals surface area (Å²) in [6.07, 6.45) is 0.646. The molecule has 4 heteroatoms. The largest absolute Gasteiger partial charge is 0.481 e. The highest BCUT2D eigenvalue weighted by Crippen LogP contribution is 2.56. The van der Waals surface area contributed by atoms with Gasteiger partial charge in [-0.2, -0.15) is 0 Å². The normalized spacial score (nSPS) is 13.5. The number of carbonyl (C=O) groups is 2. The van der Waals surface area contributed by atoms with Gasteiger partial charge in [0.1, 0.15) is 0 Å². The fraction of sp³-hybridized carbons (Fsp3) is 0.172. The van der Waals surface area contributed by atoms with Crippen molar-refractivity contribution in [3.05, 3.63) is 96.1 Å². The lowest BCUT2D eigenvalue weighted by Crippen LogP contribution is -2.28. The maximum atomic E-state index is 11.6. The van der Waals surface area contributed by atoms with E-state index in [1.807, 2.05) is 36.4 Å². The number of rotatable bonds is 7. The van der Waals surface area contributed by atoms with E-state index in [4.69, 9.17) is 0 Å². The molecular weight excluding hydrogens is 412 g/mol. The summed E-state index contributed by atoms with van der Waals surface area (Å²) in [4.78, 5) is 23.3. The Morgan fingerprint density at radius 1 is 0.636 bits per heavy atom. The average Bonchev–Trinajstić information content (AvgIpc) is 3.11. The lowest BCUT2D eigenvalue weighted by atomic mass is 9.69. The van der Waals surface area contributed by atoms with Crippen molar-refractivity contribution in [1.29, 1.82) is 0 Å². The van der Waals surface area contributed by atoms with E-state index in [1.54, 1.807) is 0 Å². The van der Waals surface area contributed by atoms with E-state index in [0.717, 1.165) is 44.2 Å². The minimum Gasteiger partial charge on any atom is -0.481 e. The van der Waals surface area contributed by atoms with Crippen LogP contribution in [0, 0.1) is 0 Å². The summed E-state index contributed by atoms with van der Waals surface area (Å²) in [5, 5.41) is 21.4. The molecule has 4 aromatic carbocycles. The van der Waals surface area contributed by atoms with Gasteiger partial charge in [0.15, 0.2) is 0 Å². The van der Waals surface area contributed by atoms with E-state index in [1.165, 1.54) is 0 Å². The van der Waals surface area contributed by atoms with Crippen LogP contribution in [0.4, 0.5) is 0 Å². The van der Waals surface area contributed by atoms with Crippen molar-refractivity contribution in [2.24, 2.45) is 0 Å². The van der Waals surface area contributed by atoms with Gasteiger partial charge in [0.25, 0.3) is 0 Å². The molecule has 2 N–H and O–H groups in total. The number of fused-ring (bicyclic) bond motifs is 4. The molecule has 33 heavy (non-hydrogen) atoms. The summed E-state index contributed by atoms with van der Waals surface area (Å²) < 4.78 is 0. The first-order valence-corrected chi connectivity index (χ1v) is 11.2. The third-order valence-corrected chi connectivity index (χ3v) is 6.87. The topological polar surface area (TPSA) is 74.6 Å².